The SMILES string of the molecule is CN=C(NCCNC(=O)C1CC1)NC1CCC(C)CC1. The van der Waals surface area contributed by atoms with Gasteiger partial charge in [-0.25, -0.2) is 0 Å². The molecule has 2 saturated carbocycles. The van der Waals surface area contributed by atoms with Crippen molar-refractivity contribution >= 4 is 11.9 Å². The van der Waals surface area contributed by atoms with Gasteiger partial charge in [0, 0.05) is 32.1 Å². The third-order valence-electron chi connectivity index (χ3n) is 4.25. The fourth-order valence-corrected chi connectivity index (χ4v) is 2.65. The second-order valence-electron chi connectivity index (χ2n) is 6.17. The van der Waals surface area contributed by atoms with E-state index in [1.54, 1.807) is 7.05 Å². The maximum Gasteiger partial charge on any atom is 0.223 e. The van der Waals surface area contributed by atoms with Crippen LogP contribution >= 0.6 is 0 Å². The van der Waals surface area contributed by atoms with Crippen LogP contribution in [0.5, 0.6) is 0 Å². The quantitative estimate of drug-likeness (QED) is 0.403. The molecular weight excluding hydrogens is 252 g/mol. The number of nitrogens with one attached hydrogen (secondary N) is 3. The molecule has 3 N–H and O–H groups in total. The van der Waals surface area contributed by atoms with E-state index in [2.05, 4.69) is 27.9 Å². The Kier molecular flexibility index (Phi) is 5.68. The zero-order chi connectivity index (χ0) is 14.4. The van der Waals surface area contributed by atoms with Gasteiger partial charge in [-0.1, -0.05) is 6.92 Å². The standard InChI is InChI=1S/C15H28N4O/c1-11-3-7-13(8-4-11)19-15(16-2)18-10-9-17-14(20)12-5-6-12/h11-13H,3-10H2,1-2H3,(H,17,20)(H2,16,18,19). The molecule has 0 aliphatic heterocycles. The van der Waals surface area contributed by atoms with Gasteiger partial charge in [0.2, 0.25) is 5.91 Å². The molecule has 0 heterocycles. The first kappa shape index (κ1) is 15.1. The van der Waals surface area contributed by atoms with E-state index >= 15 is 0 Å². The molecule has 0 radical (unpaired) electrons. The topological polar surface area (TPSA) is 65.5 Å². The molecule has 0 aromatic heterocycles. The highest BCUT2D eigenvalue weighted by molar-refractivity contribution is 5.81. The van der Waals surface area contributed by atoms with E-state index in [0.717, 1.165) is 31.3 Å². The number of carbonyl (C=O) groups excluding carboxylic acids is 1. The van der Waals surface area contributed by atoms with Crippen LogP contribution in [-0.2, 0) is 4.79 Å². The third kappa shape index (κ3) is 5.02. The zero-order valence-electron chi connectivity index (χ0n) is 12.7. The number of hydrogen-bond donors (Lipinski definition) is 3. The van der Waals surface area contributed by atoms with Crippen molar-refractivity contribution in [1.82, 2.24) is 16.0 Å². The fraction of sp³-hybridized carbons (Fsp3) is 0.867. The molecule has 0 aromatic carbocycles. The van der Waals surface area contributed by atoms with Crippen LogP contribution in [0.1, 0.15) is 45.4 Å². The Labute approximate surface area is 122 Å². The Hall–Kier alpha value is -1.26. The highest BCUT2D eigenvalue weighted by Gasteiger charge is 2.29. The molecule has 2 fully saturated rings. The van der Waals surface area contributed by atoms with E-state index < -0.39 is 0 Å². The molecule has 5 heteroatoms. The highest BCUT2D eigenvalue weighted by atomic mass is 16.2. The lowest BCUT2D eigenvalue weighted by atomic mass is 9.87. The smallest absolute Gasteiger partial charge is 0.223 e. The van der Waals surface area contributed by atoms with Crippen LogP contribution in [0.4, 0.5) is 0 Å². The average Bonchev–Trinajstić information content (AvgIpc) is 3.28. The summed E-state index contributed by atoms with van der Waals surface area (Å²) in [6.07, 6.45) is 7.16. The van der Waals surface area contributed by atoms with Crippen LogP contribution in [0.3, 0.4) is 0 Å². The summed E-state index contributed by atoms with van der Waals surface area (Å²) in [5.74, 6) is 2.21. The van der Waals surface area contributed by atoms with E-state index in [1.165, 1.54) is 25.7 Å². The number of hydrogen-bond acceptors (Lipinski definition) is 2. The van der Waals surface area contributed by atoms with Crippen LogP contribution in [0, 0.1) is 11.8 Å². The number of amides is 1. The van der Waals surface area contributed by atoms with Crippen molar-refractivity contribution in [3.05, 3.63) is 0 Å². The monoisotopic (exact) mass is 280 g/mol. The van der Waals surface area contributed by atoms with Crippen molar-refractivity contribution in [3.8, 4) is 0 Å². The molecule has 2 aliphatic rings. The minimum Gasteiger partial charge on any atom is -0.355 e. The van der Waals surface area contributed by atoms with Gasteiger partial charge in [-0.3, -0.25) is 9.79 Å². The lowest BCUT2D eigenvalue weighted by Crippen LogP contribution is -2.46. The Balaban J connectivity index is 1.58. The normalized spacial score (nSPS) is 27.0. The van der Waals surface area contributed by atoms with Gasteiger partial charge in [0.05, 0.1) is 0 Å². The molecule has 2 aliphatic carbocycles. The maximum absolute atomic E-state index is 11.5. The van der Waals surface area contributed by atoms with Crippen LogP contribution < -0.4 is 16.0 Å². The molecule has 0 spiro atoms. The highest BCUT2D eigenvalue weighted by Crippen LogP contribution is 2.28. The third-order valence-corrected chi connectivity index (χ3v) is 4.25. The lowest BCUT2D eigenvalue weighted by Gasteiger charge is -2.28. The van der Waals surface area contributed by atoms with Crippen molar-refractivity contribution in [2.45, 2.75) is 51.5 Å². The number of carbonyl (C=O) groups is 1. The average molecular weight is 280 g/mol. The van der Waals surface area contributed by atoms with Gasteiger partial charge in [-0.15, -0.1) is 0 Å². The Morgan fingerprint density at radius 2 is 1.70 bits per heavy atom. The second-order valence-corrected chi connectivity index (χ2v) is 6.17. The minimum absolute atomic E-state index is 0.205. The van der Waals surface area contributed by atoms with E-state index in [4.69, 9.17) is 0 Å². The molecule has 0 atom stereocenters. The Morgan fingerprint density at radius 1 is 1.05 bits per heavy atom. The second kappa shape index (κ2) is 7.50. The Morgan fingerprint density at radius 3 is 2.30 bits per heavy atom. The molecule has 0 bridgehead atoms. The van der Waals surface area contributed by atoms with Gasteiger partial charge in [0.1, 0.15) is 0 Å². The minimum atomic E-state index is 0.205. The summed E-state index contributed by atoms with van der Waals surface area (Å²) >= 11 is 0. The largest absolute Gasteiger partial charge is 0.355 e. The fourth-order valence-electron chi connectivity index (χ4n) is 2.65. The van der Waals surface area contributed by atoms with Gasteiger partial charge in [-0.2, -0.15) is 0 Å². The summed E-state index contributed by atoms with van der Waals surface area (Å²) in [4.78, 5) is 15.7. The predicted octanol–water partition coefficient (Wildman–Crippen LogP) is 1.26. The number of nitrogens with zero attached hydrogens (tertiary/aromatic N) is 1. The first-order valence-electron chi connectivity index (χ1n) is 7.94. The predicted molar refractivity (Wildman–Crippen MR) is 81.7 cm³/mol. The molecule has 2 rings (SSSR count). The molecular formula is C15H28N4O. The van der Waals surface area contributed by atoms with Crippen molar-refractivity contribution < 1.29 is 4.79 Å². The van der Waals surface area contributed by atoms with Crippen LogP contribution in [0.25, 0.3) is 0 Å². The summed E-state index contributed by atoms with van der Waals surface area (Å²) in [5, 5.41) is 9.69. The summed E-state index contributed by atoms with van der Waals surface area (Å²) < 4.78 is 0. The van der Waals surface area contributed by atoms with Crippen molar-refractivity contribution in [2.75, 3.05) is 20.1 Å². The van der Waals surface area contributed by atoms with Gasteiger partial charge in [0.25, 0.3) is 0 Å². The van der Waals surface area contributed by atoms with Gasteiger partial charge >= 0.3 is 0 Å². The lowest BCUT2D eigenvalue weighted by molar-refractivity contribution is -0.122. The Bertz CT molecular complexity index is 344. The van der Waals surface area contributed by atoms with Crippen molar-refractivity contribution in [1.29, 1.82) is 0 Å². The van der Waals surface area contributed by atoms with Crippen molar-refractivity contribution in [2.24, 2.45) is 16.8 Å². The zero-order valence-corrected chi connectivity index (χ0v) is 12.7. The summed E-state index contributed by atoms with van der Waals surface area (Å²) in [6, 6.07) is 0.540. The molecule has 0 aromatic rings. The molecule has 0 saturated heterocycles. The molecule has 5 nitrogen and oxygen atoms in total. The number of aliphatic imine (C=N–C) groups is 1. The molecule has 20 heavy (non-hydrogen) atoms. The van der Waals surface area contributed by atoms with Crippen LogP contribution in [-0.4, -0.2) is 38.0 Å². The summed E-state index contributed by atoms with van der Waals surface area (Å²) in [7, 11) is 1.80. The van der Waals surface area contributed by atoms with Crippen molar-refractivity contribution in [3.63, 3.8) is 0 Å². The first-order chi connectivity index (χ1) is 9.69. The maximum atomic E-state index is 11.5. The van der Waals surface area contributed by atoms with E-state index in [1.807, 2.05) is 0 Å². The van der Waals surface area contributed by atoms with E-state index in [-0.39, 0.29) is 11.8 Å². The van der Waals surface area contributed by atoms with Gasteiger partial charge in [0.15, 0.2) is 5.96 Å². The molecule has 114 valence electrons. The summed E-state index contributed by atoms with van der Waals surface area (Å²) in [5.41, 5.74) is 0. The van der Waals surface area contributed by atoms with E-state index in [0.29, 0.717) is 12.6 Å². The number of rotatable bonds is 5. The molecule has 0 unspecified atom stereocenters. The molecule has 1 amide bonds. The number of guanidine groups is 1. The first-order valence-corrected chi connectivity index (χ1v) is 7.94. The van der Waals surface area contributed by atoms with Gasteiger partial charge in [-0.05, 0) is 44.4 Å². The van der Waals surface area contributed by atoms with Gasteiger partial charge < -0.3 is 16.0 Å². The van der Waals surface area contributed by atoms with Crippen LogP contribution in [0.15, 0.2) is 4.99 Å². The van der Waals surface area contributed by atoms with Crippen LogP contribution in [0.2, 0.25) is 0 Å². The summed E-state index contributed by atoms with van der Waals surface area (Å²) in [6.45, 7) is 3.71. The van der Waals surface area contributed by atoms with E-state index in [9.17, 15) is 4.79 Å².